The predicted molar refractivity (Wildman–Crippen MR) is 53.6 cm³/mol. The summed E-state index contributed by atoms with van der Waals surface area (Å²) in [5, 5.41) is 2.52. The Morgan fingerprint density at radius 1 is 1.38 bits per heavy atom. The summed E-state index contributed by atoms with van der Waals surface area (Å²) in [6, 6.07) is 0. The molecular formula is C9H13N3O4. The second-order valence-electron chi connectivity index (χ2n) is 3.18. The van der Waals surface area contributed by atoms with Crippen LogP contribution in [0.5, 0.6) is 0 Å². The number of rotatable bonds is 6. The molecule has 0 fully saturated rings. The van der Waals surface area contributed by atoms with Crippen molar-refractivity contribution in [3.05, 3.63) is 12.2 Å². The van der Waals surface area contributed by atoms with Gasteiger partial charge in [-0.15, -0.1) is 0 Å². The van der Waals surface area contributed by atoms with Gasteiger partial charge in [0.2, 0.25) is 5.91 Å². The lowest BCUT2D eigenvalue weighted by molar-refractivity contribution is -0.136. The molecule has 3 amide bonds. The third-order valence-corrected chi connectivity index (χ3v) is 2.00. The van der Waals surface area contributed by atoms with E-state index in [0.717, 1.165) is 4.90 Å². The van der Waals surface area contributed by atoms with E-state index < -0.39 is 0 Å². The van der Waals surface area contributed by atoms with Crippen molar-refractivity contribution in [1.82, 2.24) is 10.2 Å². The van der Waals surface area contributed by atoms with E-state index in [1.807, 2.05) is 0 Å². The number of nitrogens with zero attached hydrogens (tertiary/aromatic N) is 1. The highest BCUT2D eigenvalue weighted by atomic mass is 16.6. The van der Waals surface area contributed by atoms with Gasteiger partial charge in [-0.25, -0.2) is 5.90 Å². The van der Waals surface area contributed by atoms with E-state index in [9.17, 15) is 14.4 Å². The fourth-order valence-electron chi connectivity index (χ4n) is 1.24. The standard InChI is InChI=1S/C9H13N3O4/c10-16-6-7(13)11-4-1-5-12-8(14)2-3-9(12)15/h2-3H,1,4-6,10H2,(H,11,13). The highest BCUT2D eigenvalue weighted by Gasteiger charge is 2.22. The molecule has 0 atom stereocenters. The largest absolute Gasteiger partial charge is 0.354 e. The van der Waals surface area contributed by atoms with E-state index in [-0.39, 0.29) is 30.9 Å². The molecule has 3 N–H and O–H groups in total. The molecule has 1 rings (SSSR count). The van der Waals surface area contributed by atoms with Gasteiger partial charge in [0, 0.05) is 25.2 Å². The second kappa shape index (κ2) is 5.99. The van der Waals surface area contributed by atoms with Crippen LogP contribution in [0.15, 0.2) is 12.2 Å². The van der Waals surface area contributed by atoms with Crippen molar-refractivity contribution >= 4 is 17.7 Å². The van der Waals surface area contributed by atoms with Gasteiger partial charge in [-0.05, 0) is 6.42 Å². The molecular weight excluding hydrogens is 214 g/mol. The molecule has 0 aromatic rings. The van der Waals surface area contributed by atoms with Crippen molar-refractivity contribution in [3.8, 4) is 0 Å². The molecule has 0 aliphatic carbocycles. The number of imide groups is 1. The van der Waals surface area contributed by atoms with Gasteiger partial charge in [0.25, 0.3) is 11.8 Å². The molecule has 0 saturated heterocycles. The average molecular weight is 227 g/mol. The Morgan fingerprint density at radius 2 is 2.00 bits per heavy atom. The minimum Gasteiger partial charge on any atom is -0.354 e. The Hall–Kier alpha value is -1.73. The van der Waals surface area contributed by atoms with Gasteiger partial charge in [0.15, 0.2) is 0 Å². The van der Waals surface area contributed by atoms with Crippen molar-refractivity contribution in [2.24, 2.45) is 5.90 Å². The van der Waals surface area contributed by atoms with E-state index in [2.05, 4.69) is 10.2 Å². The maximum Gasteiger partial charge on any atom is 0.253 e. The van der Waals surface area contributed by atoms with Crippen LogP contribution < -0.4 is 11.2 Å². The van der Waals surface area contributed by atoms with Crippen LogP contribution in [0.2, 0.25) is 0 Å². The lowest BCUT2D eigenvalue weighted by atomic mass is 10.3. The number of hydrogen-bond donors (Lipinski definition) is 2. The van der Waals surface area contributed by atoms with Crippen molar-refractivity contribution < 1.29 is 19.2 Å². The highest BCUT2D eigenvalue weighted by molar-refractivity contribution is 6.12. The Balaban J connectivity index is 2.14. The molecule has 0 radical (unpaired) electrons. The summed E-state index contributed by atoms with van der Waals surface area (Å²) >= 11 is 0. The smallest absolute Gasteiger partial charge is 0.253 e. The van der Waals surface area contributed by atoms with Crippen LogP contribution in [0, 0.1) is 0 Å². The van der Waals surface area contributed by atoms with Crippen LogP contribution in [-0.2, 0) is 19.2 Å². The average Bonchev–Trinajstić information content (AvgIpc) is 2.55. The quantitative estimate of drug-likeness (QED) is 0.320. The summed E-state index contributed by atoms with van der Waals surface area (Å²) in [6.07, 6.45) is 2.95. The van der Waals surface area contributed by atoms with Gasteiger partial charge >= 0.3 is 0 Å². The van der Waals surface area contributed by atoms with Crippen LogP contribution in [0.4, 0.5) is 0 Å². The summed E-state index contributed by atoms with van der Waals surface area (Å²) < 4.78 is 0. The molecule has 0 spiro atoms. The number of carbonyl (C=O) groups is 3. The zero-order valence-electron chi connectivity index (χ0n) is 8.64. The van der Waals surface area contributed by atoms with Crippen LogP contribution in [0.3, 0.4) is 0 Å². The molecule has 1 heterocycles. The van der Waals surface area contributed by atoms with Crippen molar-refractivity contribution in [2.45, 2.75) is 6.42 Å². The number of nitrogens with two attached hydrogens (primary N) is 1. The summed E-state index contributed by atoms with van der Waals surface area (Å²) in [4.78, 5) is 38.4. The monoisotopic (exact) mass is 227 g/mol. The Bertz CT molecular complexity index is 309. The predicted octanol–water partition coefficient (Wildman–Crippen LogP) is -1.69. The lowest BCUT2D eigenvalue weighted by Gasteiger charge is -2.13. The summed E-state index contributed by atoms with van der Waals surface area (Å²) in [5.74, 6) is 3.73. The first-order valence-corrected chi connectivity index (χ1v) is 4.77. The fourth-order valence-corrected chi connectivity index (χ4v) is 1.24. The topological polar surface area (TPSA) is 102 Å². The van der Waals surface area contributed by atoms with Crippen molar-refractivity contribution in [2.75, 3.05) is 19.7 Å². The SMILES string of the molecule is NOCC(=O)NCCCN1C(=O)C=CC1=O. The zero-order valence-corrected chi connectivity index (χ0v) is 8.64. The number of amides is 3. The molecule has 16 heavy (non-hydrogen) atoms. The van der Waals surface area contributed by atoms with E-state index in [1.165, 1.54) is 12.2 Å². The first-order chi connectivity index (χ1) is 7.65. The van der Waals surface area contributed by atoms with Crippen LogP contribution in [0.1, 0.15) is 6.42 Å². The third-order valence-electron chi connectivity index (χ3n) is 2.00. The van der Waals surface area contributed by atoms with E-state index >= 15 is 0 Å². The molecule has 7 heteroatoms. The summed E-state index contributed by atoms with van der Waals surface area (Å²) in [5.41, 5.74) is 0. The van der Waals surface area contributed by atoms with Gasteiger partial charge in [0.05, 0.1) is 0 Å². The zero-order chi connectivity index (χ0) is 12.0. The normalized spacial score (nSPS) is 14.7. The fraction of sp³-hybridized carbons (Fsp3) is 0.444. The molecule has 1 aliphatic rings. The molecule has 0 saturated carbocycles. The minimum atomic E-state index is -0.334. The van der Waals surface area contributed by atoms with E-state index in [4.69, 9.17) is 5.90 Å². The molecule has 7 nitrogen and oxygen atoms in total. The first kappa shape index (κ1) is 12.3. The van der Waals surface area contributed by atoms with Gasteiger partial charge < -0.3 is 5.32 Å². The maximum absolute atomic E-state index is 11.1. The molecule has 88 valence electrons. The molecule has 1 aliphatic heterocycles. The maximum atomic E-state index is 11.1. The first-order valence-electron chi connectivity index (χ1n) is 4.77. The number of nitrogens with one attached hydrogen (secondary N) is 1. The van der Waals surface area contributed by atoms with Gasteiger partial charge in [-0.2, -0.15) is 0 Å². The Morgan fingerprint density at radius 3 is 2.56 bits per heavy atom. The summed E-state index contributed by atoms with van der Waals surface area (Å²) in [7, 11) is 0. The van der Waals surface area contributed by atoms with Gasteiger partial charge in [-0.3, -0.25) is 24.1 Å². The van der Waals surface area contributed by atoms with Crippen LogP contribution >= 0.6 is 0 Å². The second-order valence-corrected chi connectivity index (χ2v) is 3.18. The molecule has 0 aromatic heterocycles. The number of carbonyl (C=O) groups excluding carboxylic acids is 3. The van der Waals surface area contributed by atoms with E-state index in [0.29, 0.717) is 13.0 Å². The minimum absolute atomic E-state index is 0.205. The molecule has 0 bridgehead atoms. The Kier molecular flexibility index (Phi) is 4.62. The van der Waals surface area contributed by atoms with Crippen molar-refractivity contribution in [3.63, 3.8) is 0 Å². The van der Waals surface area contributed by atoms with Crippen LogP contribution in [0.25, 0.3) is 0 Å². The van der Waals surface area contributed by atoms with Gasteiger partial charge in [0.1, 0.15) is 6.61 Å². The highest BCUT2D eigenvalue weighted by Crippen LogP contribution is 2.03. The lowest BCUT2D eigenvalue weighted by Crippen LogP contribution is -2.35. The summed E-state index contributed by atoms with van der Waals surface area (Å²) in [6.45, 7) is 0.441. The number of hydrogen-bond acceptors (Lipinski definition) is 5. The Labute approximate surface area is 92.2 Å². The molecule has 0 unspecified atom stereocenters. The van der Waals surface area contributed by atoms with E-state index in [1.54, 1.807) is 0 Å². The third kappa shape index (κ3) is 3.44. The molecule has 0 aromatic carbocycles. The van der Waals surface area contributed by atoms with Crippen LogP contribution in [-0.4, -0.2) is 42.3 Å². The van der Waals surface area contributed by atoms with Crippen molar-refractivity contribution in [1.29, 1.82) is 0 Å². The van der Waals surface area contributed by atoms with Gasteiger partial charge in [-0.1, -0.05) is 0 Å².